The van der Waals surface area contributed by atoms with Crippen LogP contribution < -0.4 is 0 Å². The fourth-order valence-electron chi connectivity index (χ4n) is 4.40. The first-order valence-corrected chi connectivity index (χ1v) is 6.74. The summed E-state index contributed by atoms with van der Waals surface area (Å²) in [5.74, 6) is -1.39. The van der Waals surface area contributed by atoms with Crippen molar-refractivity contribution in [2.24, 2.45) is 35.5 Å². The zero-order valence-electron chi connectivity index (χ0n) is 10.2. The Labute approximate surface area is 109 Å². The van der Waals surface area contributed by atoms with Crippen molar-refractivity contribution in [2.75, 3.05) is 6.61 Å². The van der Waals surface area contributed by atoms with Crippen LogP contribution >= 0.6 is 0 Å². The van der Waals surface area contributed by atoms with Gasteiger partial charge in [0.1, 0.15) is 0 Å². The number of hydrogen-bond acceptors (Lipinski definition) is 6. The summed E-state index contributed by atoms with van der Waals surface area (Å²) in [6.45, 7) is 0.389. The van der Waals surface area contributed by atoms with E-state index in [-0.39, 0.29) is 47.4 Å². The van der Waals surface area contributed by atoms with E-state index in [2.05, 4.69) is 4.89 Å². The van der Waals surface area contributed by atoms with E-state index < -0.39 is 5.97 Å². The molecule has 0 radical (unpaired) electrons. The molecule has 2 aliphatic heterocycles. The molecule has 4 fully saturated rings. The van der Waals surface area contributed by atoms with Crippen molar-refractivity contribution in [1.29, 1.82) is 0 Å². The molecule has 2 heterocycles. The topological polar surface area (TPSA) is 78.9 Å². The van der Waals surface area contributed by atoms with E-state index in [1.54, 1.807) is 0 Å². The van der Waals surface area contributed by atoms with Crippen molar-refractivity contribution < 1.29 is 28.9 Å². The Morgan fingerprint density at radius 3 is 2.21 bits per heavy atom. The van der Waals surface area contributed by atoms with Crippen LogP contribution in [0.2, 0.25) is 0 Å². The second-order valence-electron chi connectivity index (χ2n) is 6.04. The number of rotatable bonds is 0. The van der Waals surface area contributed by atoms with Gasteiger partial charge in [0.15, 0.2) is 0 Å². The van der Waals surface area contributed by atoms with Gasteiger partial charge in [0.2, 0.25) is 0 Å². The number of ether oxygens (including phenoxy) is 1. The molecule has 6 atom stereocenters. The van der Waals surface area contributed by atoms with E-state index in [0.29, 0.717) is 19.4 Å². The summed E-state index contributed by atoms with van der Waals surface area (Å²) < 4.78 is 4.82. The van der Waals surface area contributed by atoms with Crippen LogP contribution in [0.3, 0.4) is 0 Å². The Kier molecular flexibility index (Phi) is 2.27. The minimum Gasteiger partial charge on any atom is -0.393 e. The Morgan fingerprint density at radius 1 is 0.789 bits per heavy atom. The largest absolute Gasteiger partial charge is 0.393 e. The molecule has 6 heteroatoms. The fraction of sp³-hybridized carbons (Fsp3) is 0.769. The van der Waals surface area contributed by atoms with Gasteiger partial charge < -0.3 is 4.74 Å². The number of fused-ring (bicyclic) bond motifs is 6. The summed E-state index contributed by atoms with van der Waals surface area (Å²) in [6, 6.07) is 0. The molecule has 0 aromatic heterocycles. The summed E-state index contributed by atoms with van der Waals surface area (Å²) in [4.78, 5) is 44.7. The highest BCUT2D eigenvalue weighted by molar-refractivity contribution is 5.92. The van der Waals surface area contributed by atoms with E-state index in [9.17, 15) is 14.4 Å². The van der Waals surface area contributed by atoms with Gasteiger partial charge in [0.25, 0.3) is 0 Å². The van der Waals surface area contributed by atoms with Crippen LogP contribution in [0.25, 0.3) is 0 Å². The summed E-state index contributed by atoms with van der Waals surface area (Å²) >= 11 is 0. The maximum atomic E-state index is 11.8. The van der Waals surface area contributed by atoms with Crippen LogP contribution in [0.4, 0.5) is 0 Å². The van der Waals surface area contributed by atoms with Crippen LogP contribution in [0.15, 0.2) is 0 Å². The molecule has 6 nitrogen and oxygen atoms in total. The Morgan fingerprint density at radius 2 is 1.47 bits per heavy atom. The van der Waals surface area contributed by atoms with Gasteiger partial charge in [0.05, 0.1) is 24.4 Å². The molecule has 2 bridgehead atoms. The van der Waals surface area contributed by atoms with Crippen molar-refractivity contribution in [3.8, 4) is 0 Å². The Bertz CT molecular complexity index is 472. The van der Waals surface area contributed by atoms with Crippen LogP contribution in [0, 0.1) is 35.5 Å². The third-order valence-electron chi connectivity index (χ3n) is 5.29. The summed E-state index contributed by atoms with van der Waals surface area (Å²) in [5, 5.41) is 0. The lowest BCUT2D eigenvalue weighted by molar-refractivity contribution is -0.307. The third kappa shape index (κ3) is 1.49. The summed E-state index contributed by atoms with van der Waals surface area (Å²) in [5.41, 5.74) is 0. The Hall–Kier alpha value is -1.43. The van der Waals surface area contributed by atoms with Crippen molar-refractivity contribution >= 4 is 17.9 Å². The molecule has 19 heavy (non-hydrogen) atoms. The molecule has 0 aromatic rings. The maximum absolute atomic E-state index is 11.8. The van der Waals surface area contributed by atoms with Gasteiger partial charge in [-0.3, -0.25) is 14.5 Å². The van der Waals surface area contributed by atoms with E-state index in [1.165, 1.54) is 0 Å². The molecule has 0 N–H and O–H groups in total. The van der Waals surface area contributed by atoms with Crippen LogP contribution in [0.5, 0.6) is 0 Å². The summed E-state index contributed by atoms with van der Waals surface area (Å²) in [7, 11) is 0. The highest BCUT2D eigenvalue weighted by Gasteiger charge is 2.59. The molecule has 4 rings (SSSR count). The van der Waals surface area contributed by atoms with Crippen LogP contribution in [-0.2, 0) is 28.9 Å². The molecule has 0 aromatic carbocycles. The second-order valence-corrected chi connectivity index (χ2v) is 6.04. The van der Waals surface area contributed by atoms with Gasteiger partial charge >= 0.3 is 17.9 Å². The van der Waals surface area contributed by atoms with Gasteiger partial charge in [-0.1, -0.05) is 0 Å². The molecule has 2 saturated heterocycles. The SMILES string of the molecule is O=C1OOCC2CC3C4CC(C(=O)OC4=O)C3CC12. The Balaban J connectivity index is 1.65. The van der Waals surface area contributed by atoms with Crippen LogP contribution in [0.1, 0.15) is 19.3 Å². The first-order chi connectivity index (χ1) is 9.15. The van der Waals surface area contributed by atoms with Crippen LogP contribution in [-0.4, -0.2) is 24.5 Å². The average Bonchev–Trinajstić information content (AvgIpc) is 2.71. The van der Waals surface area contributed by atoms with Gasteiger partial charge in [-0.05, 0) is 31.1 Å². The molecular formula is C13H14O6. The lowest BCUT2D eigenvalue weighted by Crippen LogP contribution is -2.43. The van der Waals surface area contributed by atoms with E-state index in [4.69, 9.17) is 9.62 Å². The van der Waals surface area contributed by atoms with Gasteiger partial charge in [-0.15, -0.1) is 0 Å². The first-order valence-electron chi connectivity index (χ1n) is 6.74. The fourth-order valence-corrected chi connectivity index (χ4v) is 4.40. The predicted molar refractivity (Wildman–Crippen MR) is 57.9 cm³/mol. The molecule has 102 valence electrons. The molecule has 2 saturated carbocycles. The molecule has 0 spiro atoms. The normalized spacial score (nSPS) is 48.1. The number of esters is 2. The first kappa shape index (κ1) is 11.4. The number of hydrogen-bond donors (Lipinski definition) is 0. The number of carbonyl (C=O) groups excluding carboxylic acids is 3. The zero-order chi connectivity index (χ0) is 13.1. The van der Waals surface area contributed by atoms with E-state index in [1.807, 2.05) is 0 Å². The maximum Gasteiger partial charge on any atom is 0.345 e. The van der Waals surface area contributed by atoms with Crippen molar-refractivity contribution in [3.05, 3.63) is 0 Å². The number of carbonyl (C=O) groups is 3. The van der Waals surface area contributed by atoms with Crippen molar-refractivity contribution in [1.82, 2.24) is 0 Å². The highest BCUT2D eigenvalue weighted by atomic mass is 17.2. The number of cyclic esters (lactones) is 2. The van der Waals surface area contributed by atoms with E-state index >= 15 is 0 Å². The monoisotopic (exact) mass is 266 g/mol. The predicted octanol–water partition coefficient (Wildman–Crippen LogP) is 0.453. The molecule has 0 amide bonds. The second kappa shape index (κ2) is 3.79. The smallest absolute Gasteiger partial charge is 0.345 e. The van der Waals surface area contributed by atoms with Crippen molar-refractivity contribution in [3.63, 3.8) is 0 Å². The minimum atomic E-state index is -0.410. The minimum absolute atomic E-state index is 0.0795. The van der Waals surface area contributed by atoms with Gasteiger partial charge in [-0.2, -0.15) is 4.89 Å². The quantitative estimate of drug-likeness (QED) is 0.360. The van der Waals surface area contributed by atoms with Gasteiger partial charge in [-0.25, -0.2) is 4.79 Å². The molecule has 2 aliphatic carbocycles. The zero-order valence-corrected chi connectivity index (χ0v) is 10.2. The summed E-state index contributed by atoms with van der Waals surface area (Å²) in [6.07, 6.45) is 1.94. The molecular weight excluding hydrogens is 252 g/mol. The molecule has 4 aliphatic rings. The van der Waals surface area contributed by atoms with E-state index in [0.717, 1.165) is 6.42 Å². The lowest BCUT2D eigenvalue weighted by Gasteiger charge is -2.39. The lowest BCUT2D eigenvalue weighted by atomic mass is 9.66. The highest BCUT2D eigenvalue weighted by Crippen LogP contribution is 2.55. The molecule has 6 unspecified atom stereocenters. The van der Waals surface area contributed by atoms with Gasteiger partial charge in [0, 0.05) is 5.92 Å². The van der Waals surface area contributed by atoms with Crippen molar-refractivity contribution in [2.45, 2.75) is 19.3 Å². The third-order valence-corrected chi connectivity index (χ3v) is 5.29. The average molecular weight is 266 g/mol. The standard InChI is InChI=1S/C13H14O6/c14-11-9-3-10(12(15)18-11)8-2-6-5(1-7(8)9)4-17-19-13(6)16/h5-10H,1-4H2.